The van der Waals surface area contributed by atoms with E-state index >= 15 is 0 Å². The van der Waals surface area contributed by atoms with Crippen LogP contribution < -0.4 is 4.90 Å². The molecule has 1 fully saturated rings. The van der Waals surface area contributed by atoms with Crippen molar-refractivity contribution < 1.29 is 9.18 Å². The molecule has 0 aliphatic heterocycles. The number of hydrogen-bond acceptors (Lipinski definition) is 2. The summed E-state index contributed by atoms with van der Waals surface area (Å²) in [6, 6.07) is 12.0. The number of amides is 1. The Hall–Kier alpha value is -2.49. The monoisotopic (exact) mass is 324 g/mol. The molecule has 1 saturated carbocycles. The van der Waals surface area contributed by atoms with Crippen LogP contribution in [0.4, 0.5) is 10.2 Å². The van der Waals surface area contributed by atoms with Crippen LogP contribution in [0.5, 0.6) is 0 Å². The average Bonchev–Trinajstić information content (AvgIpc) is 2.62. The molecular weight excluding hydrogens is 303 g/mol. The van der Waals surface area contributed by atoms with Crippen molar-refractivity contribution in [1.82, 2.24) is 4.98 Å². The lowest BCUT2D eigenvalue weighted by molar-refractivity contribution is -0.114. The summed E-state index contributed by atoms with van der Waals surface area (Å²) in [6.07, 6.45) is 10.4. The Balaban J connectivity index is 1.83. The van der Waals surface area contributed by atoms with E-state index in [0.29, 0.717) is 11.4 Å². The number of carbonyl (C=O) groups is 1. The van der Waals surface area contributed by atoms with Gasteiger partial charge in [0, 0.05) is 18.3 Å². The molecule has 0 spiro atoms. The predicted octanol–water partition coefficient (Wildman–Crippen LogP) is 4.60. The second-order valence-electron chi connectivity index (χ2n) is 6.08. The first-order valence-electron chi connectivity index (χ1n) is 8.42. The molecule has 0 radical (unpaired) electrons. The lowest BCUT2D eigenvalue weighted by Gasteiger charge is -2.32. The van der Waals surface area contributed by atoms with Crippen LogP contribution in [0.15, 0.2) is 54.7 Å². The molecule has 1 amide bonds. The van der Waals surface area contributed by atoms with Gasteiger partial charge >= 0.3 is 0 Å². The molecule has 3 nitrogen and oxygen atoms in total. The topological polar surface area (TPSA) is 33.2 Å². The first-order valence-corrected chi connectivity index (χ1v) is 8.42. The summed E-state index contributed by atoms with van der Waals surface area (Å²) in [4.78, 5) is 18.9. The summed E-state index contributed by atoms with van der Waals surface area (Å²) in [6.45, 7) is 0. The summed E-state index contributed by atoms with van der Waals surface area (Å²) < 4.78 is 13.3. The van der Waals surface area contributed by atoms with Crippen molar-refractivity contribution >= 4 is 17.8 Å². The molecule has 0 N–H and O–H groups in total. The van der Waals surface area contributed by atoms with E-state index in [1.54, 1.807) is 29.3 Å². The van der Waals surface area contributed by atoms with Crippen LogP contribution in [-0.2, 0) is 4.79 Å². The van der Waals surface area contributed by atoms with Crippen molar-refractivity contribution in [2.45, 2.75) is 38.1 Å². The standard InChI is InChI=1S/C20H21FN2O/c21-17-8-6-7-16(15-17)12-13-20(24)23(18-9-2-1-3-10-18)19-11-4-5-14-22-19/h4-8,11-15,18H,1-3,9-10H2/b13-12+. The van der Waals surface area contributed by atoms with E-state index in [9.17, 15) is 9.18 Å². The molecule has 24 heavy (non-hydrogen) atoms. The quantitative estimate of drug-likeness (QED) is 0.770. The first kappa shape index (κ1) is 16.4. The van der Waals surface area contributed by atoms with E-state index in [1.165, 1.54) is 24.6 Å². The van der Waals surface area contributed by atoms with Gasteiger partial charge in [0.2, 0.25) is 0 Å². The molecule has 1 aliphatic rings. The average molecular weight is 324 g/mol. The third kappa shape index (κ3) is 4.07. The molecule has 1 heterocycles. The zero-order valence-electron chi connectivity index (χ0n) is 13.6. The van der Waals surface area contributed by atoms with Gasteiger partial charge in [0.05, 0.1) is 0 Å². The first-order chi connectivity index (χ1) is 11.7. The van der Waals surface area contributed by atoms with E-state index in [4.69, 9.17) is 0 Å². The molecule has 0 bridgehead atoms. The minimum atomic E-state index is -0.307. The highest BCUT2D eigenvalue weighted by atomic mass is 19.1. The molecule has 3 rings (SSSR count). The zero-order chi connectivity index (χ0) is 16.8. The van der Waals surface area contributed by atoms with Gasteiger partial charge in [-0.05, 0) is 48.7 Å². The summed E-state index contributed by atoms with van der Waals surface area (Å²) in [5, 5.41) is 0. The number of carbonyl (C=O) groups excluding carboxylic acids is 1. The predicted molar refractivity (Wildman–Crippen MR) is 94.0 cm³/mol. The Bertz CT molecular complexity index is 709. The maximum Gasteiger partial charge on any atom is 0.252 e. The second kappa shape index (κ2) is 7.86. The van der Waals surface area contributed by atoms with Gasteiger partial charge in [0.15, 0.2) is 0 Å². The number of benzene rings is 1. The number of anilines is 1. The summed E-state index contributed by atoms with van der Waals surface area (Å²) in [5.74, 6) is 0.265. The van der Waals surface area contributed by atoms with Gasteiger partial charge in [-0.25, -0.2) is 9.37 Å². The van der Waals surface area contributed by atoms with E-state index in [1.807, 2.05) is 18.2 Å². The van der Waals surface area contributed by atoms with Crippen LogP contribution in [-0.4, -0.2) is 16.9 Å². The molecule has 0 saturated heterocycles. The van der Waals surface area contributed by atoms with Crippen LogP contribution in [0.2, 0.25) is 0 Å². The summed E-state index contributed by atoms with van der Waals surface area (Å²) >= 11 is 0. The van der Waals surface area contributed by atoms with Crippen molar-refractivity contribution in [3.63, 3.8) is 0 Å². The summed E-state index contributed by atoms with van der Waals surface area (Å²) in [7, 11) is 0. The second-order valence-corrected chi connectivity index (χ2v) is 6.08. The number of hydrogen-bond donors (Lipinski definition) is 0. The SMILES string of the molecule is O=C(/C=C/c1cccc(F)c1)N(c1ccccn1)C1CCCCC1. The van der Waals surface area contributed by atoms with E-state index in [2.05, 4.69) is 4.98 Å². The van der Waals surface area contributed by atoms with Crippen LogP contribution >= 0.6 is 0 Å². The number of halogens is 1. The Labute approximate surface area is 141 Å². The highest BCUT2D eigenvalue weighted by Crippen LogP contribution is 2.26. The van der Waals surface area contributed by atoms with Gasteiger partial charge < -0.3 is 0 Å². The molecule has 0 unspecified atom stereocenters. The van der Waals surface area contributed by atoms with Gasteiger partial charge in [0.25, 0.3) is 5.91 Å². The van der Waals surface area contributed by atoms with Crippen LogP contribution in [0.3, 0.4) is 0 Å². The highest BCUT2D eigenvalue weighted by molar-refractivity contribution is 6.03. The van der Waals surface area contributed by atoms with Crippen molar-refractivity contribution in [3.8, 4) is 0 Å². The van der Waals surface area contributed by atoms with Crippen LogP contribution in [0.25, 0.3) is 6.08 Å². The van der Waals surface area contributed by atoms with Gasteiger partial charge in [-0.3, -0.25) is 9.69 Å². The van der Waals surface area contributed by atoms with Gasteiger partial charge in [-0.1, -0.05) is 37.5 Å². The maximum absolute atomic E-state index is 13.3. The Morgan fingerprint density at radius 2 is 1.96 bits per heavy atom. The van der Waals surface area contributed by atoms with Crippen molar-refractivity contribution in [2.75, 3.05) is 4.90 Å². The number of nitrogens with zero attached hydrogens (tertiary/aromatic N) is 2. The zero-order valence-corrected chi connectivity index (χ0v) is 13.6. The molecule has 4 heteroatoms. The molecule has 0 atom stereocenters. The number of pyridine rings is 1. The molecule has 1 aliphatic carbocycles. The molecule has 124 valence electrons. The molecular formula is C20H21FN2O. The third-order valence-electron chi connectivity index (χ3n) is 4.34. The minimum absolute atomic E-state index is 0.107. The Kier molecular flexibility index (Phi) is 5.36. The van der Waals surface area contributed by atoms with Crippen LogP contribution in [0.1, 0.15) is 37.7 Å². The maximum atomic E-state index is 13.3. The number of aromatic nitrogens is 1. The van der Waals surface area contributed by atoms with E-state index < -0.39 is 0 Å². The molecule has 1 aromatic heterocycles. The fourth-order valence-corrected chi connectivity index (χ4v) is 3.17. The van der Waals surface area contributed by atoms with Crippen molar-refractivity contribution in [3.05, 3.63) is 66.1 Å². The minimum Gasteiger partial charge on any atom is -0.290 e. The Morgan fingerprint density at radius 3 is 2.67 bits per heavy atom. The fourth-order valence-electron chi connectivity index (χ4n) is 3.17. The lowest BCUT2D eigenvalue weighted by atomic mass is 9.94. The molecule has 1 aromatic carbocycles. The van der Waals surface area contributed by atoms with Crippen LogP contribution in [0, 0.1) is 5.82 Å². The summed E-state index contributed by atoms with van der Waals surface area (Å²) in [5.41, 5.74) is 0.674. The lowest BCUT2D eigenvalue weighted by Crippen LogP contribution is -2.41. The third-order valence-corrected chi connectivity index (χ3v) is 4.34. The highest BCUT2D eigenvalue weighted by Gasteiger charge is 2.26. The molecule has 2 aromatic rings. The normalized spacial score (nSPS) is 15.5. The van der Waals surface area contributed by atoms with Crippen molar-refractivity contribution in [2.24, 2.45) is 0 Å². The van der Waals surface area contributed by atoms with Crippen molar-refractivity contribution in [1.29, 1.82) is 0 Å². The fraction of sp³-hybridized carbons (Fsp3) is 0.300. The van der Waals surface area contributed by atoms with E-state index in [0.717, 1.165) is 25.7 Å². The number of rotatable bonds is 4. The largest absolute Gasteiger partial charge is 0.290 e. The van der Waals surface area contributed by atoms with Gasteiger partial charge in [0.1, 0.15) is 11.6 Å². The van der Waals surface area contributed by atoms with Gasteiger partial charge in [-0.15, -0.1) is 0 Å². The van der Waals surface area contributed by atoms with Gasteiger partial charge in [-0.2, -0.15) is 0 Å². The smallest absolute Gasteiger partial charge is 0.252 e. The van der Waals surface area contributed by atoms with E-state index in [-0.39, 0.29) is 17.8 Å². The Morgan fingerprint density at radius 1 is 1.12 bits per heavy atom.